The van der Waals surface area contributed by atoms with E-state index in [9.17, 15) is 9.59 Å². The van der Waals surface area contributed by atoms with Crippen LogP contribution in [0.3, 0.4) is 0 Å². The van der Waals surface area contributed by atoms with E-state index in [1.165, 1.54) is 22.2 Å². The SMILES string of the molecule is C[C@H](C(=O)Nc1ccccc1)n1cnc2scc(-c3ccc(Cl)cc3)c2c1=O. The van der Waals surface area contributed by atoms with E-state index in [0.29, 0.717) is 20.9 Å². The predicted molar refractivity (Wildman–Crippen MR) is 114 cm³/mol. The normalized spacial score (nSPS) is 12.1. The Hall–Kier alpha value is -2.96. The Labute approximate surface area is 170 Å². The smallest absolute Gasteiger partial charge is 0.263 e. The number of carbonyl (C=O) groups is 1. The Morgan fingerprint density at radius 1 is 1.14 bits per heavy atom. The summed E-state index contributed by atoms with van der Waals surface area (Å²) in [6.07, 6.45) is 1.43. The van der Waals surface area contributed by atoms with Gasteiger partial charge in [-0.05, 0) is 36.8 Å². The van der Waals surface area contributed by atoms with Crippen LogP contribution < -0.4 is 10.9 Å². The highest BCUT2D eigenvalue weighted by Gasteiger charge is 2.20. The van der Waals surface area contributed by atoms with E-state index in [2.05, 4.69) is 10.3 Å². The summed E-state index contributed by atoms with van der Waals surface area (Å²) in [5.74, 6) is -0.280. The number of hydrogen-bond donors (Lipinski definition) is 1. The minimum atomic E-state index is -0.706. The second kappa shape index (κ2) is 7.58. The van der Waals surface area contributed by atoms with Gasteiger partial charge in [-0.2, -0.15) is 0 Å². The fourth-order valence-corrected chi connectivity index (χ4v) is 3.99. The summed E-state index contributed by atoms with van der Waals surface area (Å²) in [4.78, 5) is 30.8. The van der Waals surface area contributed by atoms with E-state index in [-0.39, 0.29) is 11.5 Å². The van der Waals surface area contributed by atoms with Gasteiger partial charge in [0, 0.05) is 21.7 Å². The molecule has 28 heavy (non-hydrogen) atoms. The lowest BCUT2D eigenvalue weighted by Gasteiger charge is -2.15. The number of para-hydroxylation sites is 1. The van der Waals surface area contributed by atoms with Crippen LogP contribution in [0.1, 0.15) is 13.0 Å². The Balaban J connectivity index is 1.73. The molecular formula is C21H16ClN3O2S. The van der Waals surface area contributed by atoms with E-state index in [1.54, 1.807) is 31.2 Å². The molecule has 2 aromatic carbocycles. The molecule has 0 aliphatic rings. The lowest BCUT2D eigenvalue weighted by molar-refractivity contribution is -0.118. The topological polar surface area (TPSA) is 64.0 Å². The Kier molecular flexibility index (Phi) is 4.98. The molecule has 0 unspecified atom stereocenters. The minimum Gasteiger partial charge on any atom is -0.324 e. The maximum Gasteiger partial charge on any atom is 0.263 e. The molecular weight excluding hydrogens is 394 g/mol. The van der Waals surface area contributed by atoms with Crippen molar-refractivity contribution in [2.75, 3.05) is 5.32 Å². The molecule has 0 bridgehead atoms. The first-order valence-corrected chi connectivity index (χ1v) is 9.90. The second-order valence-electron chi connectivity index (χ2n) is 6.32. The third-order valence-electron chi connectivity index (χ3n) is 4.51. The number of rotatable bonds is 4. The molecule has 7 heteroatoms. The Morgan fingerprint density at radius 2 is 1.86 bits per heavy atom. The molecule has 0 saturated carbocycles. The standard InChI is InChI=1S/C21H16ClN3O2S/c1-13(19(26)24-16-5-3-2-4-6-16)25-12-23-20-18(21(25)27)17(11-28-20)14-7-9-15(22)10-8-14/h2-13H,1H3,(H,24,26)/t13-/m1/s1. The summed E-state index contributed by atoms with van der Waals surface area (Å²) in [7, 11) is 0. The van der Waals surface area contributed by atoms with Crippen molar-refractivity contribution in [3.8, 4) is 11.1 Å². The molecule has 4 aromatic rings. The van der Waals surface area contributed by atoms with Gasteiger partial charge in [-0.15, -0.1) is 11.3 Å². The number of benzene rings is 2. The molecule has 0 aliphatic carbocycles. The summed E-state index contributed by atoms with van der Waals surface area (Å²) in [5, 5.41) is 5.87. The summed E-state index contributed by atoms with van der Waals surface area (Å²) in [5.41, 5.74) is 2.11. The van der Waals surface area contributed by atoms with Crippen molar-refractivity contribution < 1.29 is 4.79 Å². The number of nitrogens with zero attached hydrogens (tertiary/aromatic N) is 2. The zero-order valence-electron chi connectivity index (χ0n) is 14.9. The van der Waals surface area contributed by atoms with E-state index < -0.39 is 6.04 Å². The van der Waals surface area contributed by atoms with Crippen molar-refractivity contribution in [2.24, 2.45) is 0 Å². The van der Waals surface area contributed by atoms with Crippen LogP contribution in [0.2, 0.25) is 5.02 Å². The molecule has 0 radical (unpaired) electrons. The van der Waals surface area contributed by atoms with Gasteiger partial charge in [0.25, 0.3) is 5.56 Å². The number of nitrogens with one attached hydrogen (secondary N) is 1. The largest absolute Gasteiger partial charge is 0.324 e. The number of thiophene rings is 1. The van der Waals surface area contributed by atoms with Crippen LogP contribution in [0.5, 0.6) is 0 Å². The highest BCUT2D eigenvalue weighted by atomic mass is 35.5. The lowest BCUT2D eigenvalue weighted by Crippen LogP contribution is -2.31. The molecule has 4 rings (SSSR count). The first kappa shape index (κ1) is 18.4. The molecule has 0 aliphatic heterocycles. The summed E-state index contributed by atoms with van der Waals surface area (Å²) < 4.78 is 1.37. The fraction of sp³-hybridized carbons (Fsp3) is 0.0952. The van der Waals surface area contributed by atoms with Crippen LogP contribution >= 0.6 is 22.9 Å². The highest BCUT2D eigenvalue weighted by molar-refractivity contribution is 7.17. The van der Waals surface area contributed by atoms with Crippen molar-refractivity contribution >= 4 is 44.7 Å². The average molecular weight is 410 g/mol. The molecule has 5 nitrogen and oxygen atoms in total. The molecule has 1 N–H and O–H groups in total. The van der Waals surface area contributed by atoms with Gasteiger partial charge in [0.05, 0.1) is 11.7 Å². The van der Waals surface area contributed by atoms with Gasteiger partial charge < -0.3 is 5.32 Å². The van der Waals surface area contributed by atoms with Crippen LogP contribution in [0.15, 0.2) is 71.1 Å². The summed E-state index contributed by atoms with van der Waals surface area (Å²) in [6.45, 7) is 1.68. The van der Waals surface area contributed by atoms with E-state index in [0.717, 1.165) is 11.1 Å². The number of carbonyl (C=O) groups excluding carboxylic acids is 1. The zero-order chi connectivity index (χ0) is 19.7. The molecule has 0 saturated heterocycles. The number of amides is 1. The van der Waals surface area contributed by atoms with Crippen LogP contribution in [0, 0.1) is 0 Å². The second-order valence-corrected chi connectivity index (χ2v) is 7.62. The molecule has 0 fully saturated rings. The zero-order valence-corrected chi connectivity index (χ0v) is 16.5. The van der Waals surface area contributed by atoms with Crippen LogP contribution in [-0.4, -0.2) is 15.5 Å². The highest BCUT2D eigenvalue weighted by Crippen LogP contribution is 2.31. The maximum atomic E-state index is 13.2. The van der Waals surface area contributed by atoms with Crippen LogP contribution in [-0.2, 0) is 4.79 Å². The summed E-state index contributed by atoms with van der Waals surface area (Å²) in [6, 6.07) is 15.7. The molecule has 2 aromatic heterocycles. The van der Waals surface area contributed by atoms with Crippen molar-refractivity contribution in [3.05, 3.63) is 81.7 Å². The van der Waals surface area contributed by atoms with Gasteiger partial charge in [0.2, 0.25) is 5.91 Å². The third-order valence-corrected chi connectivity index (χ3v) is 5.65. The molecule has 1 atom stereocenters. The Morgan fingerprint density at radius 3 is 2.57 bits per heavy atom. The average Bonchev–Trinajstić information content (AvgIpc) is 3.14. The summed E-state index contributed by atoms with van der Waals surface area (Å²) >= 11 is 7.37. The van der Waals surface area contributed by atoms with Gasteiger partial charge >= 0.3 is 0 Å². The van der Waals surface area contributed by atoms with Crippen molar-refractivity contribution in [3.63, 3.8) is 0 Å². The molecule has 1 amide bonds. The van der Waals surface area contributed by atoms with Gasteiger partial charge in [-0.25, -0.2) is 4.98 Å². The van der Waals surface area contributed by atoms with E-state index in [1.807, 2.05) is 35.7 Å². The van der Waals surface area contributed by atoms with Gasteiger partial charge in [0.15, 0.2) is 0 Å². The minimum absolute atomic E-state index is 0.244. The number of aromatic nitrogens is 2. The van der Waals surface area contributed by atoms with E-state index >= 15 is 0 Å². The fourth-order valence-electron chi connectivity index (χ4n) is 2.96. The number of halogens is 1. The van der Waals surface area contributed by atoms with Crippen molar-refractivity contribution in [1.29, 1.82) is 0 Å². The van der Waals surface area contributed by atoms with Gasteiger partial charge in [0.1, 0.15) is 10.9 Å². The van der Waals surface area contributed by atoms with Crippen LogP contribution in [0.25, 0.3) is 21.3 Å². The molecule has 140 valence electrons. The van der Waals surface area contributed by atoms with Crippen LogP contribution in [0.4, 0.5) is 5.69 Å². The molecule has 0 spiro atoms. The first-order valence-electron chi connectivity index (χ1n) is 8.65. The lowest BCUT2D eigenvalue weighted by atomic mass is 10.1. The predicted octanol–water partition coefficient (Wildman–Crippen LogP) is 4.98. The molecule has 2 heterocycles. The van der Waals surface area contributed by atoms with Crippen molar-refractivity contribution in [2.45, 2.75) is 13.0 Å². The maximum absolute atomic E-state index is 13.2. The van der Waals surface area contributed by atoms with E-state index in [4.69, 9.17) is 11.6 Å². The van der Waals surface area contributed by atoms with Gasteiger partial charge in [-0.3, -0.25) is 14.2 Å². The third kappa shape index (κ3) is 3.44. The monoisotopic (exact) mass is 409 g/mol. The first-order chi connectivity index (χ1) is 13.5. The quantitative estimate of drug-likeness (QED) is 0.517. The number of anilines is 1. The van der Waals surface area contributed by atoms with Gasteiger partial charge in [-0.1, -0.05) is 41.9 Å². The Bertz CT molecular complexity index is 1200. The van der Waals surface area contributed by atoms with Crippen molar-refractivity contribution in [1.82, 2.24) is 9.55 Å². The number of hydrogen-bond acceptors (Lipinski definition) is 4. The number of fused-ring (bicyclic) bond motifs is 1.